The van der Waals surface area contributed by atoms with E-state index in [4.69, 9.17) is 10.7 Å². The highest BCUT2D eigenvalue weighted by Crippen LogP contribution is 2.45. The Hall–Kier alpha value is -4.54. The van der Waals surface area contributed by atoms with Gasteiger partial charge in [0.25, 0.3) is 5.91 Å². The van der Waals surface area contributed by atoms with Gasteiger partial charge in [0.05, 0.1) is 17.7 Å². The summed E-state index contributed by atoms with van der Waals surface area (Å²) in [5.41, 5.74) is 6.35. The zero-order valence-electron chi connectivity index (χ0n) is 26.5. The monoisotopic (exact) mass is 719 g/mol. The van der Waals surface area contributed by atoms with Crippen LogP contribution in [0.3, 0.4) is 0 Å². The van der Waals surface area contributed by atoms with Crippen LogP contribution in [0.5, 0.6) is 0 Å². The Balaban J connectivity index is 1.42. The summed E-state index contributed by atoms with van der Waals surface area (Å²) >= 11 is 0. The van der Waals surface area contributed by atoms with Crippen LogP contribution in [0.1, 0.15) is 23.1 Å². The number of piperazine rings is 1. The lowest BCUT2D eigenvalue weighted by molar-refractivity contribution is -0.827. The van der Waals surface area contributed by atoms with E-state index in [2.05, 4.69) is 9.88 Å². The Kier molecular flexibility index (Phi) is 9.39. The van der Waals surface area contributed by atoms with E-state index in [9.17, 15) is 30.8 Å². The molecule has 0 saturated carbocycles. The van der Waals surface area contributed by atoms with E-state index in [0.717, 1.165) is 42.0 Å². The Morgan fingerprint density at radius 1 is 0.960 bits per heavy atom. The predicted molar refractivity (Wildman–Crippen MR) is 171 cm³/mol. The van der Waals surface area contributed by atoms with E-state index in [1.54, 1.807) is 18.5 Å². The van der Waals surface area contributed by atoms with E-state index < -0.39 is 73.7 Å². The van der Waals surface area contributed by atoms with Crippen LogP contribution < -0.4 is 10.6 Å². The molecule has 0 aliphatic carbocycles. The molecule has 2 aromatic carbocycles. The summed E-state index contributed by atoms with van der Waals surface area (Å²) in [6.45, 7) is 0.846. The number of likely N-dealkylation sites (tertiary alicyclic amines) is 1. The summed E-state index contributed by atoms with van der Waals surface area (Å²) in [6, 6.07) is 12.7. The minimum atomic E-state index is -4.84. The summed E-state index contributed by atoms with van der Waals surface area (Å²) in [7, 11) is -4.84. The molecule has 4 heterocycles. The Morgan fingerprint density at radius 2 is 1.64 bits per heavy atom. The Bertz CT molecular complexity index is 1960. The Labute approximate surface area is 284 Å². The van der Waals surface area contributed by atoms with Crippen LogP contribution in [-0.4, -0.2) is 77.8 Å². The van der Waals surface area contributed by atoms with Gasteiger partial charge in [-0.05, 0) is 60.2 Å². The molecule has 16 heteroatoms. The predicted octanol–water partition coefficient (Wildman–Crippen LogP) is 5.22. The number of hydrogen-bond donors (Lipinski definition) is 1. The molecule has 2 N–H and O–H groups in total. The average molecular weight is 720 g/mol. The first-order valence-electron chi connectivity index (χ1n) is 15.7. The SMILES string of the molecule is NC(=O)[C@@H]1CC(F)(F)C[N+]1(Cc1cc(-c2ccc(C(F)(F)F)cc2)nc(N2CCN(Cc3cccnc3)CC2)c1)S(=O)(=O)c1ccc(F)cc1. The highest BCUT2D eigenvalue weighted by molar-refractivity contribution is 7.86. The van der Waals surface area contributed by atoms with Crippen LogP contribution in [0.15, 0.2) is 90.1 Å². The van der Waals surface area contributed by atoms with E-state index in [1.165, 1.54) is 18.2 Å². The average Bonchev–Trinajstić information content (AvgIpc) is 3.37. The van der Waals surface area contributed by atoms with Crippen LogP contribution in [-0.2, 0) is 34.1 Å². The number of carbonyl (C=O) groups excluding carboxylic acids is 1. The van der Waals surface area contributed by atoms with Gasteiger partial charge in [0.1, 0.15) is 23.1 Å². The number of primary amides is 1. The maximum absolute atomic E-state index is 15.2. The number of nitrogens with zero attached hydrogens (tertiary/aromatic N) is 5. The molecule has 9 nitrogen and oxygen atoms in total. The van der Waals surface area contributed by atoms with Crippen LogP contribution in [0.2, 0.25) is 0 Å². The van der Waals surface area contributed by atoms with E-state index >= 15 is 8.78 Å². The van der Waals surface area contributed by atoms with E-state index in [0.29, 0.717) is 38.5 Å². The fourth-order valence-electron chi connectivity index (χ4n) is 6.66. The zero-order chi connectivity index (χ0) is 35.9. The number of rotatable bonds is 9. The molecule has 4 aromatic rings. The molecular formula is C34H33F6N6O3S+. The third kappa shape index (κ3) is 7.18. The first-order valence-corrected chi connectivity index (χ1v) is 17.1. The maximum Gasteiger partial charge on any atom is 0.416 e. The van der Waals surface area contributed by atoms with Gasteiger partial charge in [-0.15, -0.1) is 0 Å². The number of aromatic nitrogens is 2. The van der Waals surface area contributed by atoms with Gasteiger partial charge in [-0.1, -0.05) is 18.2 Å². The van der Waals surface area contributed by atoms with Crippen LogP contribution >= 0.6 is 0 Å². The second kappa shape index (κ2) is 13.3. The number of carbonyl (C=O) groups is 1. The number of amides is 1. The van der Waals surface area contributed by atoms with E-state index in [-0.39, 0.29) is 16.8 Å². The summed E-state index contributed by atoms with van der Waals surface area (Å²) in [5, 5.41) is 0. The standard InChI is InChI=1S/C34H32F6N6O3S/c35-27-7-9-28(10-8-27)50(48,49)46(22-33(36,37)18-30(46)32(41)47)21-24-16-29(25-3-5-26(6-4-25)34(38,39)40)43-31(17-24)45-14-12-44(13-15-45)20-23-2-1-11-42-19-23/h1-11,16-17,19,30H,12-15,18,20-22H2,(H-,41,47)/p+1/t30-,46?/m0/s1. The van der Waals surface area contributed by atoms with E-state index in [1.807, 2.05) is 17.0 Å². The van der Waals surface area contributed by atoms with Gasteiger partial charge in [0.15, 0.2) is 12.6 Å². The van der Waals surface area contributed by atoms with Gasteiger partial charge in [-0.25, -0.2) is 18.2 Å². The van der Waals surface area contributed by atoms with Crippen LogP contribution in [0.25, 0.3) is 11.3 Å². The van der Waals surface area contributed by atoms with Crippen molar-refractivity contribution in [3.8, 4) is 11.3 Å². The third-order valence-corrected chi connectivity index (χ3v) is 11.5. The largest absolute Gasteiger partial charge is 0.416 e. The van der Waals surface area contributed by atoms with Gasteiger partial charge in [0, 0.05) is 56.2 Å². The minimum absolute atomic E-state index is 0.169. The summed E-state index contributed by atoms with van der Waals surface area (Å²) in [5.74, 6) is -5.27. The highest BCUT2D eigenvalue weighted by Gasteiger charge is 2.65. The van der Waals surface area contributed by atoms with Crippen LogP contribution in [0, 0.1) is 5.82 Å². The first kappa shape index (κ1) is 35.3. The summed E-state index contributed by atoms with van der Waals surface area (Å²) in [6.07, 6.45) is -2.27. The van der Waals surface area contributed by atoms with Crippen molar-refractivity contribution < 1.29 is 43.4 Å². The first-order chi connectivity index (χ1) is 23.6. The van der Waals surface area contributed by atoms with Crippen molar-refractivity contribution >= 4 is 21.7 Å². The van der Waals surface area contributed by atoms with Crippen molar-refractivity contribution in [3.05, 3.63) is 108 Å². The van der Waals surface area contributed by atoms with Crippen molar-refractivity contribution in [2.75, 3.05) is 37.6 Å². The van der Waals surface area contributed by atoms with Crippen molar-refractivity contribution in [1.29, 1.82) is 0 Å². The number of nitrogens with two attached hydrogens (primary N) is 1. The number of halogens is 6. The molecule has 50 heavy (non-hydrogen) atoms. The van der Waals surface area contributed by atoms with Gasteiger partial charge < -0.3 is 10.6 Å². The molecule has 2 aliphatic rings. The molecule has 0 bridgehead atoms. The molecule has 0 spiro atoms. The molecule has 1 unspecified atom stereocenters. The van der Waals surface area contributed by atoms with Crippen molar-refractivity contribution in [2.24, 2.45) is 5.73 Å². The molecule has 2 atom stereocenters. The van der Waals surface area contributed by atoms with Gasteiger partial charge in [-0.2, -0.15) is 25.5 Å². The lowest BCUT2D eigenvalue weighted by Crippen LogP contribution is -2.59. The van der Waals surface area contributed by atoms with Crippen molar-refractivity contribution in [1.82, 2.24) is 14.9 Å². The topological polar surface area (TPSA) is 109 Å². The zero-order valence-corrected chi connectivity index (χ0v) is 27.3. The second-order valence-electron chi connectivity index (χ2n) is 12.6. The highest BCUT2D eigenvalue weighted by atomic mass is 32.2. The summed E-state index contributed by atoms with van der Waals surface area (Å²) < 4.78 is 111. The third-order valence-electron chi connectivity index (χ3n) is 9.13. The number of quaternary nitrogens is 1. The molecular weight excluding hydrogens is 686 g/mol. The molecule has 2 saturated heterocycles. The number of anilines is 1. The Morgan fingerprint density at radius 3 is 2.24 bits per heavy atom. The molecule has 2 fully saturated rings. The summed E-state index contributed by atoms with van der Waals surface area (Å²) in [4.78, 5) is 25.2. The second-order valence-corrected chi connectivity index (χ2v) is 14.7. The lowest BCUT2D eigenvalue weighted by atomic mass is 10.1. The molecule has 2 aromatic heterocycles. The quantitative estimate of drug-likeness (QED) is 0.187. The maximum atomic E-state index is 15.2. The molecule has 6 rings (SSSR count). The molecule has 2 aliphatic heterocycles. The van der Waals surface area contributed by atoms with Gasteiger partial charge >= 0.3 is 22.1 Å². The van der Waals surface area contributed by atoms with Crippen molar-refractivity contribution in [3.63, 3.8) is 0 Å². The number of pyridine rings is 2. The number of benzene rings is 2. The number of alkyl halides is 5. The smallest absolute Gasteiger partial charge is 0.364 e. The fourth-order valence-corrected chi connectivity index (χ4v) is 8.76. The number of hydrogen-bond acceptors (Lipinski definition) is 7. The minimum Gasteiger partial charge on any atom is -0.364 e. The lowest BCUT2D eigenvalue weighted by Gasteiger charge is -2.37. The fraction of sp³-hybridized carbons (Fsp3) is 0.324. The van der Waals surface area contributed by atoms with Gasteiger partial charge in [-0.3, -0.25) is 14.7 Å². The van der Waals surface area contributed by atoms with Crippen molar-refractivity contribution in [2.45, 2.75) is 42.5 Å². The molecule has 264 valence electrons. The van der Waals surface area contributed by atoms with Gasteiger partial charge in [0.2, 0.25) is 0 Å². The number of sulfonamides is 1. The van der Waals surface area contributed by atoms with Crippen LogP contribution in [0.4, 0.5) is 32.2 Å². The molecule has 0 radical (unpaired) electrons. The molecule has 1 amide bonds. The normalized spacial score (nSPS) is 21.3.